The van der Waals surface area contributed by atoms with Crippen LogP contribution >= 0.6 is 11.8 Å². The second kappa shape index (κ2) is 7.29. The molecule has 1 aliphatic carbocycles. The van der Waals surface area contributed by atoms with Gasteiger partial charge in [-0.3, -0.25) is 4.79 Å². The number of carbonyl (C=O) groups is 1. The summed E-state index contributed by atoms with van der Waals surface area (Å²) in [4.78, 5) is 13.4. The molecule has 0 unspecified atom stereocenters. The van der Waals surface area contributed by atoms with Crippen molar-refractivity contribution in [2.45, 2.75) is 41.9 Å². The topological polar surface area (TPSA) is 50.4 Å². The van der Waals surface area contributed by atoms with Gasteiger partial charge in [0.1, 0.15) is 6.04 Å². The molecule has 0 bridgehead atoms. The van der Waals surface area contributed by atoms with Crippen molar-refractivity contribution in [3.63, 3.8) is 0 Å². The Balaban J connectivity index is 1.52. The van der Waals surface area contributed by atoms with E-state index in [4.69, 9.17) is 4.74 Å². The molecule has 2 N–H and O–H groups in total. The van der Waals surface area contributed by atoms with Crippen molar-refractivity contribution < 1.29 is 9.53 Å². The number of ether oxygens (including phenoxy) is 1. The zero-order valence-electron chi connectivity index (χ0n) is 12.1. The van der Waals surface area contributed by atoms with Crippen LogP contribution < -0.4 is 10.6 Å². The van der Waals surface area contributed by atoms with Crippen LogP contribution in [0.4, 0.5) is 5.69 Å². The lowest BCUT2D eigenvalue weighted by molar-refractivity contribution is -0.120. The van der Waals surface area contributed by atoms with Crippen LogP contribution in [-0.4, -0.2) is 37.0 Å². The third-order valence-corrected chi connectivity index (χ3v) is 5.31. The first-order valence-electron chi connectivity index (χ1n) is 7.70. The maximum absolute atomic E-state index is 12.1. The summed E-state index contributed by atoms with van der Waals surface area (Å²) >= 11 is 1.96. The number of benzene rings is 1. The summed E-state index contributed by atoms with van der Waals surface area (Å²) in [7, 11) is 0. The number of morpholine rings is 1. The molecular weight excluding hydrogens is 284 g/mol. The molecule has 2 aliphatic rings. The van der Waals surface area contributed by atoms with E-state index in [1.165, 1.54) is 30.6 Å². The van der Waals surface area contributed by atoms with Crippen LogP contribution in [0, 0.1) is 0 Å². The van der Waals surface area contributed by atoms with Crippen molar-refractivity contribution in [3.8, 4) is 0 Å². The number of thioether (sulfide) groups is 1. The number of nitrogens with one attached hydrogen (secondary N) is 2. The van der Waals surface area contributed by atoms with E-state index in [0.717, 1.165) is 17.5 Å². The van der Waals surface area contributed by atoms with Crippen molar-refractivity contribution >= 4 is 23.4 Å². The Morgan fingerprint density at radius 3 is 2.67 bits per heavy atom. The van der Waals surface area contributed by atoms with Gasteiger partial charge in [0.15, 0.2) is 0 Å². The first-order chi connectivity index (χ1) is 10.3. The third-order valence-electron chi connectivity index (χ3n) is 3.96. The van der Waals surface area contributed by atoms with Crippen LogP contribution in [0.2, 0.25) is 0 Å². The molecule has 4 nitrogen and oxygen atoms in total. The molecule has 3 rings (SSSR count). The Morgan fingerprint density at radius 1 is 1.24 bits per heavy atom. The molecule has 1 saturated carbocycles. The van der Waals surface area contributed by atoms with E-state index < -0.39 is 0 Å². The fraction of sp³-hybridized carbons (Fsp3) is 0.562. The second-order valence-corrected chi connectivity index (χ2v) is 6.99. The van der Waals surface area contributed by atoms with Gasteiger partial charge in [0.25, 0.3) is 0 Å². The van der Waals surface area contributed by atoms with Crippen LogP contribution in [0.3, 0.4) is 0 Å². The monoisotopic (exact) mass is 306 g/mol. The van der Waals surface area contributed by atoms with Gasteiger partial charge in [-0.25, -0.2) is 0 Å². The zero-order chi connectivity index (χ0) is 14.5. The predicted molar refractivity (Wildman–Crippen MR) is 85.8 cm³/mol. The quantitative estimate of drug-likeness (QED) is 0.898. The van der Waals surface area contributed by atoms with Crippen LogP contribution in [0.5, 0.6) is 0 Å². The molecule has 1 heterocycles. The number of anilines is 1. The molecule has 0 spiro atoms. The van der Waals surface area contributed by atoms with Crippen molar-refractivity contribution in [2.24, 2.45) is 0 Å². The first kappa shape index (κ1) is 14.9. The minimum Gasteiger partial charge on any atom is -0.378 e. The zero-order valence-corrected chi connectivity index (χ0v) is 13.0. The molecular formula is C16H22N2O2S. The van der Waals surface area contributed by atoms with Gasteiger partial charge in [-0.1, -0.05) is 12.8 Å². The Bertz CT molecular complexity index is 466. The van der Waals surface area contributed by atoms with Crippen LogP contribution in [0.25, 0.3) is 0 Å². The van der Waals surface area contributed by atoms with Gasteiger partial charge in [0, 0.05) is 22.4 Å². The summed E-state index contributed by atoms with van der Waals surface area (Å²) in [5.74, 6) is -0.0223. The van der Waals surface area contributed by atoms with Crippen molar-refractivity contribution in [1.82, 2.24) is 5.32 Å². The van der Waals surface area contributed by atoms with Gasteiger partial charge >= 0.3 is 0 Å². The highest BCUT2D eigenvalue weighted by atomic mass is 32.2. The van der Waals surface area contributed by atoms with E-state index in [1.54, 1.807) is 0 Å². The highest BCUT2D eigenvalue weighted by Gasteiger charge is 2.21. The minimum atomic E-state index is -0.244. The maximum atomic E-state index is 12.1. The first-order valence-corrected chi connectivity index (χ1v) is 8.58. The number of rotatable bonds is 4. The fourth-order valence-corrected chi connectivity index (χ4v) is 4.03. The van der Waals surface area contributed by atoms with Gasteiger partial charge in [-0.2, -0.15) is 0 Å². The van der Waals surface area contributed by atoms with E-state index in [-0.39, 0.29) is 11.9 Å². The Hall–Kier alpha value is -1.04. The standard InChI is InChI=1S/C16H22N2O2S/c19-16(15-11-20-10-9-17-15)18-12-5-7-14(8-6-12)21-13-3-1-2-4-13/h5-8,13,15,17H,1-4,9-11H2,(H,18,19)/t15-/m0/s1. The number of amides is 1. The van der Waals surface area contributed by atoms with Crippen LogP contribution in [-0.2, 0) is 9.53 Å². The van der Waals surface area contributed by atoms with Crippen molar-refractivity contribution in [2.75, 3.05) is 25.1 Å². The molecule has 1 atom stereocenters. The lowest BCUT2D eigenvalue weighted by Crippen LogP contribution is -2.48. The van der Waals surface area contributed by atoms with Crippen LogP contribution in [0.15, 0.2) is 29.2 Å². The summed E-state index contributed by atoms with van der Waals surface area (Å²) in [6, 6.07) is 7.93. The smallest absolute Gasteiger partial charge is 0.243 e. The van der Waals surface area contributed by atoms with Gasteiger partial charge in [-0.15, -0.1) is 11.8 Å². The van der Waals surface area contributed by atoms with Crippen molar-refractivity contribution in [3.05, 3.63) is 24.3 Å². The average molecular weight is 306 g/mol. The number of hydrogen-bond donors (Lipinski definition) is 2. The normalized spacial score (nSPS) is 23.1. The van der Waals surface area contributed by atoms with Crippen LogP contribution in [0.1, 0.15) is 25.7 Å². The molecule has 114 valence electrons. The third kappa shape index (κ3) is 4.22. The highest BCUT2D eigenvalue weighted by molar-refractivity contribution is 8.00. The lowest BCUT2D eigenvalue weighted by atomic mass is 10.2. The SMILES string of the molecule is O=C(Nc1ccc(SC2CCCC2)cc1)[C@@H]1COCCN1. The van der Waals surface area contributed by atoms with E-state index in [2.05, 4.69) is 22.8 Å². The predicted octanol–water partition coefficient (Wildman–Crippen LogP) is 2.65. The number of carbonyl (C=O) groups excluding carboxylic acids is 1. The molecule has 1 aliphatic heterocycles. The largest absolute Gasteiger partial charge is 0.378 e. The Labute approximate surface area is 130 Å². The molecule has 5 heteroatoms. The fourth-order valence-electron chi connectivity index (χ4n) is 2.78. The molecule has 0 aromatic heterocycles. The molecule has 0 radical (unpaired) electrons. The maximum Gasteiger partial charge on any atom is 0.243 e. The Morgan fingerprint density at radius 2 is 2.00 bits per heavy atom. The summed E-state index contributed by atoms with van der Waals surface area (Å²) < 4.78 is 5.31. The van der Waals surface area contributed by atoms with E-state index >= 15 is 0 Å². The average Bonchev–Trinajstić information content (AvgIpc) is 3.03. The van der Waals surface area contributed by atoms with Gasteiger partial charge in [0.05, 0.1) is 13.2 Å². The molecule has 1 aromatic rings. The number of hydrogen-bond acceptors (Lipinski definition) is 4. The molecule has 21 heavy (non-hydrogen) atoms. The summed E-state index contributed by atoms with van der Waals surface area (Å²) in [5.41, 5.74) is 0.850. The summed E-state index contributed by atoms with van der Waals surface area (Å²) in [5, 5.41) is 6.87. The van der Waals surface area contributed by atoms with Crippen molar-refractivity contribution in [1.29, 1.82) is 0 Å². The highest BCUT2D eigenvalue weighted by Crippen LogP contribution is 2.34. The Kier molecular flexibility index (Phi) is 5.17. The van der Waals surface area contributed by atoms with E-state index in [1.807, 2.05) is 23.9 Å². The molecule has 1 saturated heterocycles. The van der Waals surface area contributed by atoms with E-state index in [0.29, 0.717) is 13.2 Å². The van der Waals surface area contributed by atoms with Gasteiger partial charge < -0.3 is 15.4 Å². The summed E-state index contributed by atoms with van der Waals surface area (Å²) in [6.45, 7) is 1.85. The van der Waals surface area contributed by atoms with E-state index in [9.17, 15) is 4.79 Å². The molecule has 1 aromatic carbocycles. The second-order valence-electron chi connectivity index (χ2n) is 5.62. The molecule has 1 amide bonds. The minimum absolute atomic E-state index is 0.0223. The lowest BCUT2D eigenvalue weighted by Gasteiger charge is -2.22. The van der Waals surface area contributed by atoms with Gasteiger partial charge in [0.2, 0.25) is 5.91 Å². The summed E-state index contributed by atoms with van der Waals surface area (Å²) in [6.07, 6.45) is 5.39. The van der Waals surface area contributed by atoms with Gasteiger partial charge in [-0.05, 0) is 37.1 Å². The molecule has 2 fully saturated rings.